The molecule has 0 spiro atoms. The number of nitrogens with two attached hydrogens (primary N) is 1. The first-order chi connectivity index (χ1) is 7.91. The Bertz CT molecular complexity index is 447. The van der Waals surface area contributed by atoms with E-state index in [2.05, 4.69) is 4.74 Å². The summed E-state index contributed by atoms with van der Waals surface area (Å²) in [4.78, 5) is 20.0. The lowest BCUT2D eigenvalue weighted by atomic mass is 10.1. The third-order valence-corrected chi connectivity index (χ3v) is 1.96. The van der Waals surface area contributed by atoms with Crippen LogP contribution in [0.2, 0.25) is 0 Å². The van der Waals surface area contributed by atoms with Gasteiger partial charge in [0.15, 0.2) is 5.75 Å². The van der Waals surface area contributed by atoms with E-state index in [1.165, 1.54) is 6.07 Å². The first-order valence-electron chi connectivity index (χ1n) is 4.49. The van der Waals surface area contributed by atoms with Gasteiger partial charge in [-0.3, -0.25) is 10.1 Å². The molecule has 8 nitrogen and oxygen atoms in total. The number of hydrogen-bond donors (Lipinski definition) is 3. The van der Waals surface area contributed by atoms with Crippen molar-refractivity contribution < 1.29 is 24.7 Å². The Balaban J connectivity index is 2.87. The fraction of sp³-hybridized carbons (Fsp3) is 0.222. The summed E-state index contributed by atoms with van der Waals surface area (Å²) in [5.41, 5.74) is 4.29. The number of rotatable bonds is 4. The summed E-state index contributed by atoms with van der Waals surface area (Å²) < 4.78 is 4.35. The lowest BCUT2D eigenvalue weighted by Gasteiger charge is -2.10. The normalized spacial score (nSPS) is 11.8. The van der Waals surface area contributed by atoms with E-state index in [1.54, 1.807) is 0 Å². The summed E-state index contributed by atoms with van der Waals surface area (Å²) in [6.45, 7) is -0.419. The molecule has 1 aromatic rings. The lowest BCUT2D eigenvalue weighted by molar-refractivity contribution is -0.386. The summed E-state index contributed by atoms with van der Waals surface area (Å²) in [6.07, 6.45) is -2.31. The van der Waals surface area contributed by atoms with Gasteiger partial charge in [0.25, 0.3) is 0 Å². The first kappa shape index (κ1) is 12.7. The van der Waals surface area contributed by atoms with Crippen molar-refractivity contribution in [1.82, 2.24) is 0 Å². The Morgan fingerprint density at radius 2 is 2.24 bits per heavy atom. The second kappa shape index (κ2) is 5.12. The topological polar surface area (TPSA) is 136 Å². The molecule has 92 valence electrons. The van der Waals surface area contributed by atoms with E-state index in [0.717, 1.165) is 12.1 Å². The quantitative estimate of drug-likeness (QED) is 0.517. The summed E-state index contributed by atoms with van der Waals surface area (Å²) >= 11 is 0. The Labute approximate surface area is 95.4 Å². The molecule has 1 unspecified atom stereocenters. The second-order valence-electron chi connectivity index (χ2n) is 3.15. The molecular formula is C9H10N2O6. The van der Waals surface area contributed by atoms with Gasteiger partial charge >= 0.3 is 11.8 Å². The van der Waals surface area contributed by atoms with Crippen LogP contribution in [-0.4, -0.2) is 27.8 Å². The number of phenols is 1. The number of nitro benzene ring substituents is 1. The van der Waals surface area contributed by atoms with Crippen LogP contribution in [0.3, 0.4) is 0 Å². The van der Waals surface area contributed by atoms with Crippen LogP contribution in [0.4, 0.5) is 10.5 Å². The van der Waals surface area contributed by atoms with E-state index < -0.39 is 35.2 Å². The maximum Gasteiger partial charge on any atom is 0.404 e. The lowest BCUT2D eigenvalue weighted by Crippen LogP contribution is -2.17. The molecule has 0 saturated heterocycles. The number of phenolic OH excluding ortho intramolecular Hbond substituents is 1. The highest BCUT2D eigenvalue weighted by Crippen LogP contribution is 2.28. The minimum Gasteiger partial charge on any atom is -0.502 e. The van der Waals surface area contributed by atoms with Gasteiger partial charge in [0.1, 0.15) is 12.7 Å². The summed E-state index contributed by atoms with van der Waals surface area (Å²) in [7, 11) is 0. The number of carbonyl (C=O) groups is 1. The van der Waals surface area contributed by atoms with Gasteiger partial charge in [0.2, 0.25) is 0 Å². The molecular weight excluding hydrogens is 232 g/mol. The maximum absolute atomic E-state index is 10.5. The predicted octanol–water partition coefficient (Wildman–Crippen LogP) is 0.429. The highest BCUT2D eigenvalue weighted by molar-refractivity contribution is 5.64. The molecule has 0 saturated carbocycles. The first-order valence-corrected chi connectivity index (χ1v) is 4.49. The molecule has 0 radical (unpaired) electrons. The number of nitrogens with zero attached hydrogens (tertiary/aromatic N) is 1. The molecule has 1 aromatic carbocycles. The molecule has 1 amide bonds. The Hall–Kier alpha value is -2.35. The zero-order chi connectivity index (χ0) is 13.0. The third kappa shape index (κ3) is 3.31. The van der Waals surface area contributed by atoms with Crippen molar-refractivity contribution in [2.75, 3.05) is 6.61 Å². The fourth-order valence-corrected chi connectivity index (χ4v) is 1.15. The van der Waals surface area contributed by atoms with Crippen molar-refractivity contribution in [2.24, 2.45) is 5.73 Å². The highest BCUT2D eigenvalue weighted by atomic mass is 16.6. The van der Waals surface area contributed by atoms with Crippen molar-refractivity contribution >= 4 is 11.8 Å². The summed E-state index contributed by atoms with van der Waals surface area (Å²) in [5.74, 6) is -0.512. The predicted molar refractivity (Wildman–Crippen MR) is 55.3 cm³/mol. The molecule has 1 rings (SSSR count). The van der Waals surface area contributed by atoms with Crippen LogP contribution >= 0.6 is 0 Å². The monoisotopic (exact) mass is 242 g/mol. The van der Waals surface area contributed by atoms with Gasteiger partial charge in [-0.15, -0.1) is 0 Å². The van der Waals surface area contributed by atoms with Gasteiger partial charge in [-0.05, 0) is 11.6 Å². The van der Waals surface area contributed by atoms with E-state index in [4.69, 9.17) is 5.73 Å². The Morgan fingerprint density at radius 3 is 2.76 bits per heavy atom. The SMILES string of the molecule is NC(=O)OCC(O)c1ccc(O)c([N+](=O)[O-])c1. The van der Waals surface area contributed by atoms with Crippen LogP contribution in [0, 0.1) is 10.1 Å². The molecule has 0 aliphatic rings. The molecule has 0 aromatic heterocycles. The van der Waals surface area contributed by atoms with E-state index in [0.29, 0.717) is 0 Å². The summed E-state index contributed by atoms with van der Waals surface area (Å²) in [5, 5.41) is 29.2. The van der Waals surface area contributed by atoms with Gasteiger partial charge in [0.05, 0.1) is 4.92 Å². The standard InChI is InChI=1S/C9H10N2O6/c10-9(14)17-4-8(13)5-1-2-7(12)6(3-5)11(15)16/h1-3,8,12-13H,4H2,(H2,10,14). The van der Waals surface area contributed by atoms with Crippen LogP contribution in [0.15, 0.2) is 18.2 Å². The number of nitro groups is 1. The van der Waals surface area contributed by atoms with Crippen LogP contribution in [0.5, 0.6) is 5.75 Å². The number of primary amides is 1. The Kier molecular flexibility index (Phi) is 3.83. The van der Waals surface area contributed by atoms with Gasteiger partial charge in [-0.2, -0.15) is 0 Å². The number of benzene rings is 1. The summed E-state index contributed by atoms with van der Waals surface area (Å²) in [6, 6.07) is 3.34. The zero-order valence-electron chi connectivity index (χ0n) is 8.57. The van der Waals surface area contributed by atoms with Crippen molar-refractivity contribution in [3.63, 3.8) is 0 Å². The average Bonchev–Trinajstić information content (AvgIpc) is 2.26. The second-order valence-corrected chi connectivity index (χ2v) is 3.15. The van der Waals surface area contributed by atoms with Crippen LogP contribution in [0.25, 0.3) is 0 Å². The third-order valence-electron chi connectivity index (χ3n) is 1.96. The molecule has 0 bridgehead atoms. The smallest absolute Gasteiger partial charge is 0.404 e. The average molecular weight is 242 g/mol. The fourth-order valence-electron chi connectivity index (χ4n) is 1.15. The number of aromatic hydroxyl groups is 1. The minimum atomic E-state index is -1.25. The van der Waals surface area contributed by atoms with Crippen molar-refractivity contribution in [3.05, 3.63) is 33.9 Å². The van der Waals surface area contributed by atoms with Crippen molar-refractivity contribution in [3.8, 4) is 5.75 Å². The van der Waals surface area contributed by atoms with Gasteiger partial charge in [-0.1, -0.05) is 6.07 Å². The zero-order valence-corrected chi connectivity index (χ0v) is 8.57. The molecule has 8 heteroatoms. The molecule has 1 atom stereocenters. The van der Waals surface area contributed by atoms with Crippen molar-refractivity contribution in [1.29, 1.82) is 0 Å². The van der Waals surface area contributed by atoms with Crippen LogP contribution in [-0.2, 0) is 4.74 Å². The minimum absolute atomic E-state index is 0.135. The van der Waals surface area contributed by atoms with E-state index >= 15 is 0 Å². The Morgan fingerprint density at radius 1 is 1.59 bits per heavy atom. The van der Waals surface area contributed by atoms with Crippen LogP contribution < -0.4 is 5.73 Å². The molecule has 0 aliphatic carbocycles. The van der Waals surface area contributed by atoms with E-state index in [-0.39, 0.29) is 5.56 Å². The van der Waals surface area contributed by atoms with E-state index in [1.807, 2.05) is 0 Å². The van der Waals surface area contributed by atoms with Crippen LogP contribution in [0.1, 0.15) is 11.7 Å². The molecule has 4 N–H and O–H groups in total. The largest absolute Gasteiger partial charge is 0.502 e. The number of aliphatic hydroxyl groups excluding tert-OH is 1. The number of hydrogen-bond acceptors (Lipinski definition) is 6. The number of aliphatic hydroxyl groups is 1. The van der Waals surface area contributed by atoms with Gasteiger partial charge < -0.3 is 20.7 Å². The van der Waals surface area contributed by atoms with E-state index in [9.17, 15) is 25.1 Å². The number of amides is 1. The number of carbonyl (C=O) groups excluding carboxylic acids is 1. The highest BCUT2D eigenvalue weighted by Gasteiger charge is 2.18. The molecule has 0 heterocycles. The molecule has 17 heavy (non-hydrogen) atoms. The molecule has 0 aliphatic heterocycles. The van der Waals surface area contributed by atoms with Gasteiger partial charge in [-0.25, -0.2) is 4.79 Å². The maximum atomic E-state index is 10.5. The van der Waals surface area contributed by atoms with Crippen molar-refractivity contribution in [2.45, 2.75) is 6.10 Å². The number of ether oxygens (including phenoxy) is 1. The van der Waals surface area contributed by atoms with Gasteiger partial charge in [0, 0.05) is 6.07 Å². The molecule has 0 fully saturated rings.